The van der Waals surface area contributed by atoms with E-state index in [4.69, 9.17) is 0 Å². The number of hydrogen-bond donors (Lipinski definition) is 1. The molecule has 0 unspecified atom stereocenters. The normalized spacial score (nSPS) is 18.0. The summed E-state index contributed by atoms with van der Waals surface area (Å²) in [7, 11) is 0. The summed E-state index contributed by atoms with van der Waals surface area (Å²) in [6, 6.07) is 17.6. The minimum Gasteiger partial charge on any atom is -0.394 e. The molecule has 1 aliphatic heterocycles. The van der Waals surface area contributed by atoms with Crippen LogP contribution >= 0.6 is 0 Å². The van der Waals surface area contributed by atoms with E-state index in [0.717, 1.165) is 30.5 Å². The van der Waals surface area contributed by atoms with Crippen molar-refractivity contribution in [2.45, 2.75) is 18.9 Å². The van der Waals surface area contributed by atoms with Crippen LogP contribution < -0.4 is 0 Å². The third-order valence-corrected chi connectivity index (χ3v) is 4.09. The lowest BCUT2D eigenvalue weighted by molar-refractivity contribution is 0.0678. The number of carbonyl (C=O) groups excluding carboxylic acids is 1. The van der Waals surface area contributed by atoms with E-state index in [1.54, 1.807) is 0 Å². The van der Waals surface area contributed by atoms with E-state index in [9.17, 15) is 9.90 Å². The maximum atomic E-state index is 12.8. The zero-order valence-electron chi connectivity index (χ0n) is 11.9. The Bertz CT molecular complexity index is 624. The fourth-order valence-electron chi connectivity index (χ4n) is 2.99. The summed E-state index contributed by atoms with van der Waals surface area (Å²) in [5.74, 6) is 0.0194. The average molecular weight is 281 g/mol. The molecule has 2 aromatic carbocycles. The number of amides is 1. The van der Waals surface area contributed by atoms with Gasteiger partial charge in [0.25, 0.3) is 5.91 Å². The van der Waals surface area contributed by atoms with Gasteiger partial charge in [-0.1, -0.05) is 48.5 Å². The van der Waals surface area contributed by atoms with E-state index in [-0.39, 0.29) is 18.6 Å². The maximum absolute atomic E-state index is 12.8. The lowest BCUT2D eigenvalue weighted by atomic mass is 9.98. The van der Waals surface area contributed by atoms with Gasteiger partial charge in [-0.25, -0.2) is 0 Å². The summed E-state index contributed by atoms with van der Waals surface area (Å²) < 4.78 is 0. The fourth-order valence-corrected chi connectivity index (χ4v) is 2.99. The lowest BCUT2D eigenvalue weighted by Crippen LogP contribution is -2.37. The van der Waals surface area contributed by atoms with Crippen LogP contribution in [-0.2, 0) is 0 Å². The molecule has 0 radical (unpaired) electrons. The minimum absolute atomic E-state index is 0.0194. The van der Waals surface area contributed by atoms with Gasteiger partial charge in [-0.3, -0.25) is 4.79 Å². The molecular weight excluding hydrogens is 262 g/mol. The van der Waals surface area contributed by atoms with Crippen LogP contribution in [0.2, 0.25) is 0 Å². The van der Waals surface area contributed by atoms with Crippen molar-refractivity contribution in [3.8, 4) is 11.1 Å². The second kappa shape index (κ2) is 6.10. The van der Waals surface area contributed by atoms with E-state index < -0.39 is 0 Å². The lowest BCUT2D eigenvalue weighted by Gasteiger charge is -2.24. The number of nitrogens with zero attached hydrogens (tertiary/aromatic N) is 1. The fraction of sp³-hybridized carbons (Fsp3) is 0.278. The summed E-state index contributed by atoms with van der Waals surface area (Å²) in [6.07, 6.45) is 1.85. The van der Waals surface area contributed by atoms with Crippen LogP contribution in [-0.4, -0.2) is 35.1 Å². The van der Waals surface area contributed by atoms with Gasteiger partial charge in [-0.05, 0) is 30.0 Å². The molecule has 21 heavy (non-hydrogen) atoms. The number of hydrogen-bond acceptors (Lipinski definition) is 2. The van der Waals surface area contributed by atoms with E-state index in [2.05, 4.69) is 0 Å². The quantitative estimate of drug-likeness (QED) is 0.939. The molecule has 1 fully saturated rings. The van der Waals surface area contributed by atoms with Crippen LogP contribution in [0.15, 0.2) is 54.6 Å². The monoisotopic (exact) mass is 281 g/mol. The first-order valence-corrected chi connectivity index (χ1v) is 7.37. The molecule has 1 heterocycles. The molecule has 3 heteroatoms. The molecule has 0 bridgehead atoms. The SMILES string of the molecule is O=C(c1ccccc1-c1ccccc1)N1CCC[C@H]1CO. The van der Waals surface area contributed by atoms with E-state index >= 15 is 0 Å². The highest BCUT2D eigenvalue weighted by Crippen LogP contribution is 2.27. The van der Waals surface area contributed by atoms with Gasteiger partial charge >= 0.3 is 0 Å². The van der Waals surface area contributed by atoms with Gasteiger partial charge in [0.05, 0.1) is 12.6 Å². The highest BCUT2D eigenvalue weighted by molar-refractivity contribution is 6.01. The van der Waals surface area contributed by atoms with E-state index in [1.807, 2.05) is 59.5 Å². The van der Waals surface area contributed by atoms with Crippen molar-refractivity contribution in [2.75, 3.05) is 13.2 Å². The number of rotatable bonds is 3. The Labute approximate surface area is 124 Å². The smallest absolute Gasteiger partial charge is 0.254 e. The van der Waals surface area contributed by atoms with Crippen LogP contribution in [0.25, 0.3) is 11.1 Å². The Morgan fingerprint density at radius 1 is 1.10 bits per heavy atom. The molecule has 1 atom stereocenters. The van der Waals surface area contributed by atoms with Gasteiger partial charge in [0.1, 0.15) is 0 Å². The number of aliphatic hydroxyl groups is 1. The zero-order valence-corrected chi connectivity index (χ0v) is 11.9. The Morgan fingerprint density at radius 2 is 1.81 bits per heavy atom. The first-order chi connectivity index (χ1) is 10.3. The third-order valence-electron chi connectivity index (χ3n) is 4.09. The average Bonchev–Trinajstić information content (AvgIpc) is 3.03. The topological polar surface area (TPSA) is 40.5 Å². The molecule has 1 N–H and O–H groups in total. The second-order valence-electron chi connectivity index (χ2n) is 5.39. The molecule has 0 aliphatic carbocycles. The Morgan fingerprint density at radius 3 is 2.57 bits per heavy atom. The number of benzene rings is 2. The van der Waals surface area contributed by atoms with Crippen LogP contribution in [0.4, 0.5) is 0 Å². The molecule has 108 valence electrons. The number of aliphatic hydroxyl groups excluding tert-OH is 1. The molecule has 1 amide bonds. The molecule has 0 spiro atoms. The highest BCUT2D eigenvalue weighted by Gasteiger charge is 2.29. The number of likely N-dealkylation sites (tertiary alicyclic amines) is 1. The molecule has 3 nitrogen and oxygen atoms in total. The maximum Gasteiger partial charge on any atom is 0.254 e. The predicted octanol–water partition coefficient (Wildman–Crippen LogP) is 2.95. The first-order valence-electron chi connectivity index (χ1n) is 7.37. The van der Waals surface area contributed by atoms with Crippen molar-refractivity contribution < 1.29 is 9.90 Å². The van der Waals surface area contributed by atoms with Gasteiger partial charge in [-0.15, -0.1) is 0 Å². The molecule has 2 aromatic rings. The van der Waals surface area contributed by atoms with E-state index in [0.29, 0.717) is 5.56 Å². The van der Waals surface area contributed by atoms with Crippen LogP contribution in [0, 0.1) is 0 Å². The molecule has 1 aliphatic rings. The first kappa shape index (κ1) is 13.8. The van der Waals surface area contributed by atoms with Crippen LogP contribution in [0.1, 0.15) is 23.2 Å². The van der Waals surface area contributed by atoms with Crippen molar-refractivity contribution in [2.24, 2.45) is 0 Å². The van der Waals surface area contributed by atoms with E-state index in [1.165, 1.54) is 0 Å². The zero-order chi connectivity index (χ0) is 14.7. The third kappa shape index (κ3) is 2.69. The Hall–Kier alpha value is -2.13. The summed E-state index contributed by atoms with van der Waals surface area (Å²) in [4.78, 5) is 14.6. The minimum atomic E-state index is -0.0404. The molecular formula is C18H19NO2. The molecule has 0 saturated carbocycles. The second-order valence-corrected chi connectivity index (χ2v) is 5.39. The Kier molecular flexibility index (Phi) is 4.02. The van der Waals surface area contributed by atoms with Crippen molar-refractivity contribution in [3.05, 3.63) is 60.2 Å². The van der Waals surface area contributed by atoms with Crippen LogP contribution in [0.5, 0.6) is 0 Å². The van der Waals surface area contributed by atoms with Crippen LogP contribution in [0.3, 0.4) is 0 Å². The predicted molar refractivity (Wildman–Crippen MR) is 83.0 cm³/mol. The summed E-state index contributed by atoms with van der Waals surface area (Å²) in [5.41, 5.74) is 2.71. The van der Waals surface area contributed by atoms with Crippen molar-refractivity contribution >= 4 is 5.91 Å². The van der Waals surface area contributed by atoms with Gasteiger partial charge in [0.15, 0.2) is 0 Å². The highest BCUT2D eigenvalue weighted by atomic mass is 16.3. The van der Waals surface area contributed by atoms with Crippen molar-refractivity contribution in [1.29, 1.82) is 0 Å². The van der Waals surface area contributed by atoms with Crippen molar-refractivity contribution in [1.82, 2.24) is 4.90 Å². The van der Waals surface area contributed by atoms with Gasteiger partial charge in [-0.2, -0.15) is 0 Å². The van der Waals surface area contributed by atoms with Gasteiger partial charge in [0.2, 0.25) is 0 Å². The number of carbonyl (C=O) groups is 1. The Balaban J connectivity index is 1.98. The molecule has 3 rings (SSSR count). The summed E-state index contributed by atoms with van der Waals surface area (Å²) in [5, 5.41) is 9.42. The summed E-state index contributed by atoms with van der Waals surface area (Å²) >= 11 is 0. The summed E-state index contributed by atoms with van der Waals surface area (Å²) in [6.45, 7) is 0.770. The van der Waals surface area contributed by atoms with Crippen molar-refractivity contribution in [3.63, 3.8) is 0 Å². The molecule has 0 aromatic heterocycles. The molecule has 1 saturated heterocycles. The van der Waals surface area contributed by atoms with Gasteiger partial charge in [0, 0.05) is 12.1 Å². The van der Waals surface area contributed by atoms with Gasteiger partial charge < -0.3 is 10.0 Å². The largest absolute Gasteiger partial charge is 0.394 e. The standard InChI is InChI=1S/C18H19NO2/c20-13-15-9-6-12-19(15)18(21)17-11-5-4-10-16(17)14-7-2-1-3-8-14/h1-5,7-8,10-11,15,20H,6,9,12-13H2/t15-/m0/s1.